The van der Waals surface area contributed by atoms with E-state index in [4.69, 9.17) is 14.2 Å². The fourth-order valence-electron chi connectivity index (χ4n) is 5.31. The fraction of sp³-hybridized carbons (Fsp3) is 0.429. The number of hydrogen-bond acceptors (Lipinski definition) is 9. The first-order valence-electron chi connectivity index (χ1n) is 13.3. The van der Waals surface area contributed by atoms with E-state index in [2.05, 4.69) is 63.2 Å². The summed E-state index contributed by atoms with van der Waals surface area (Å²) in [6, 6.07) is 13.3. The molecule has 11 heteroatoms. The van der Waals surface area contributed by atoms with E-state index in [9.17, 15) is 4.79 Å². The van der Waals surface area contributed by atoms with Crippen LogP contribution in [0.5, 0.6) is 17.2 Å². The van der Waals surface area contributed by atoms with E-state index in [1.807, 2.05) is 35.0 Å². The van der Waals surface area contributed by atoms with E-state index in [0.29, 0.717) is 28.4 Å². The zero-order valence-corrected chi connectivity index (χ0v) is 22.7. The second kappa shape index (κ2) is 9.88. The number of nitrogens with zero attached hydrogens (tertiary/aromatic N) is 6. The van der Waals surface area contributed by atoms with E-state index >= 15 is 0 Å². The Hall–Kier alpha value is -4.12. The summed E-state index contributed by atoms with van der Waals surface area (Å²) in [7, 11) is 1.68. The lowest BCUT2D eigenvalue weighted by molar-refractivity contribution is 0.174. The number of ether oxygens (including phenoxy) is 3. The molecule has 0 bridgehead atoms. The van der Waals surface area contributed by atoms with E-state index in [1.54, 1.807) is 7.11 Å². The van der Waals surface area contributed by atoms with Crippen molar-refractivity contribution >= 4 is 16.6 Å². The van der Waals surface area contributed by atoms with Crippen molar-refractivity contribution in [2.45, 2.75) is 38.8 Å². The number of piperazine rings is 1. The van der Waals surface area contributed by atoms with Gasteiger partial charge in [0.2, 0.25) is 6.79 Å². The van der Waals surface area contributed by atoms with Crippen molar-refractivity contribution in [1.29, 1.82) is 0 Å². The zero-order valence-electron chi connectivity index (χ0n) is 22.7. The van der Waals surface area contributed by atoms with Gasteiger partial charge in [-0.15, -0.1) is 5.10 Å². The zero-order chi connectivity index (χ0) is 27.1. The van der Waals surface area contributed by atoms with Crippen LogP contribution >= 0.6 is 0 Å². The highest BCUT2D eigenvalue weighted by molar-refractivity contribution is 5.83. The van der Waals surface area contributed by atoms with Crippen LogP contribution in [-0.4, -0.2) is 70.2 Å². The molecule has 2 aliphatic heterocycles. The minimum Gasteiger partial charge on any atom is -0.497 e. The highest BCUT2D eigenvalue weighted by Gasteiger charge is 2.36. The van der Waals surface area contributed by atoms with Crippen LogP contribution in [0.1, 0.15) is 44.6 Å². The van der Waals surface area contributed by atoms with E-state index in [1.165, 1.54) is 0 Å². The molecule has 6 rings (SSSR count). The van der Waals surface area contributed by atoms with Gasteiger partial charge in [-0.25, -0.2) is 4.68 Å². The number of tetrazole rings is 1. The van der Waals surface area contributed by atoms with Crippen molar-refractivity contribution < 1.29 is 14.2 Å². The van der Waals surface area contributed by atoms with Gasteiger partial charge in [0, 0.05) is 54.9 Å². The summed E-state index contributed by atoms with van der Waals surface area (Å²) in [4.78, 5) is 21.3. The van der Waals surface area contributed by atoms with E-state index in [0.717, 1.165) is 49.4 Å². The molecular formula is C28H33N7O4. The molecule has 0 radical (unpaired) electrons. The Kier molecular flexibility index (Phi) is 6.38. The lowest BCUT2D eigenvalue weighted by Crippen LogP contribution is -2.49. The Morgan fingerprint density at radius 2 is 1.85 bits per heavy atom. The van der Waals surface area contributed by atoms with Crippen LogP contribution in [0.2, 0.25) is 0 Å². The number of fused-ring (bicyclic) bond motifs is 2. The minimum atomic E-state index is -0.433. The van der Waals surface area contributed by atoms with Gasteiger partial charge in [0.25, 0.3) is 5.56 Å². The van der Waals surface area contributed by atoms with Gasteiger partial charge in [-0.1, -0.05) is 13.0 Å². The summed E-state index contributed by atoms with van der Waals surface area (Å²) in [5, 5.41) is 13.8. The number of rotatable bonds is 7. The smallest absolute Gasteiger partial charge is 0.253 e. The molecule has 4 aromatic rings. The van der Waals surface area contributed by atoms with E-state index < -0.39 is 6.04 Å². The number of hydrogen-bond donors (Lipinski definition) is 1. The van der Waals surface area contributed by atoms with E-state index in [-0.39, 0.29) is 17.9 Å². The lowest BCUT2D eigenvalue weighted by Gasteiger charge is -2.40. The van der Waals surface area contributed by atoms with Crippen molar-refractivity contribution in [3.63, 3.8) is 0 Å². The number of benzene rings is 2. The van der Waals surface area contributed by atoms with Crippen molar-refractivity contribution in [2.75, 3.05) is 45.0 Å². The highest BCUT2D eigenvalue weighted by atomic mass is 16.7. The third-order valence-corrected chi connectivity index (χ3v) is 7.94. The predicted molar refractivity (Wildman–Crippen MR) is 147 cm³/mol. The fourth-order valence-corrected chi connectivity index (χ4v) is 5.31. The van der Waals surface area contributed by atoms with Crippen LogP contribution in [0.15, 0.2) is 47.3 Å². The van der Waals surface area contributed by atoms with Crippen molar-refractivity contribution in [1.82, 2.24) is 30.1 Å². The molecule has 0 amide bonds. The standard InChI is InChI=1S/C28H33N7O4/c1-5-28(2,3)35-26(30-31-32-35)25(34-11-9-33(10-12-34)19-7-6-8-20(15-19)37-4)21-13-18-14-23-24(39-17-38-23)16-22(18)29-27(21)36/h6-8,13-16,25H,5,9-12,17H2,1-4H3,(H,29,36). The molecule has 0 aliphatic carbocycles. The molecule has 2 aromatic carbocycles. The minimum absolute atomic E-state index is 0.170. The molecule has 1 fully saturated rings. The number of pyridine rings is 1. The first kappa shape index (κ1) is 25.2. The topological polar surface area (TPSA) is 111 Å². The van der Waals surface area contributed by atoms with Gasteiger partial charge >= 0.3 is 0 Å². The first-order valence-corrected chi connectivity index (χ1v) is 13.3. The summed E-state index contributed by atoms with van der Waals surface area (Å²) in [6.45, 7) is 9.51. The average molecular weight is 532 g/mol. The van der Waals surface area contributed by atoms with Gasteiger partial charge in [-0.05, 0) is 55.0 Å². The largest absolute Gasteiger partial charge is 0.497 e. The number of methoxy groups -OCH3 is 1. The van der Waals surface area contributed by atoms with Crippen LogP contribution in [0.25, 0.3) is 10.9 Å². The lowest BCUT2D eigenvalue weighted by atomic mass is 9.98. The monoisotopic (exact) mass is 531 g/mol. The van der Waals surface area contributed by atoms with Gasteiger partial charge in [-0.2, -0.15) is 0 Å². The molecule has 1 saturated heterocycles. The summed E-state index contributed by atoms with van der Waals surface area (Å²) in [5.74, 6) is 2.78. The molecule has 2 aromatic heterocycles. The summed E-state index contributed by atoms with van der Waals surface area (Å²) in [5.41, 5.74) is 1.91. The summed E-state index contributed by atoms with van der Waals surface area (Å²) >= 11 is 0. The maximum Gasteiger partial charge on any atom is 0.253 e. The SMILES string of the molecule is CCC(C)(C)n1nnnc1C(c1cc2cc3c(cc2[nH]c1=O)OCO3)N1CCN(c2cccc(OC)c2)CC1. The summed E-state index contributed by atoms with van der Waals surface area (Å²) < 4.78 is 18.4. The molecule has 4 heterocycles. The molecule has 1 unspecified atom stereocenters. The van der Waals surface area contributed by atoms with Crippen molar-refractivity contribution in [3.05, 3.63) is 64.2 Å². The molecule has 1 N–H and O–H groups in total. The van der Waals surface area contributed by atoms with Crippen LogP contribution in [-0.2, 0) is 5.54 Å². The average Bonchev–Trinajstić information content (AvgIpc) is 3.63. The van der Waals surface area contributed by atoms with Crippen LogP contribution < -0.4 is 24.7 Å². The predicted octanol–water partition coefficient (Wildman–Crippen LogP) is 3.31. The Morgan fingerprint density at radius 1 is 1.08 bits per heavy atom. The molecule has 11 nitrogen and oxygen atoms in total. The van der Waals surface area contributed by atoms with Gasteiger partial charge < -0.3 is 24.1 Å². The van der Waals surface area contributed by atoms with Gasteiger partial charge in [0.1, 0.15) is 11.8 Å². The summed E-state index contributed by atoms with van der Waals surface area (Å²) in [6.07, 6.45) is 0.832. The molecule has 2 aliphatic rings. The Balaban J connectivity index is 1.40. The number of H-pyrrole nitrogens is 1. The Bertz CT molecular complexity index is 1560. The Morgan fingerprint density at radius 3 is 2.59 bits per heavy atom. The molecule has 39 heavy (non-hydrogen) atoms. The van der Waals surface area contributed by atoms with Crippen LogP contribution in [0, 0.1) is 0 Å². The first-order chi connectivity index (χ1) is 18.9. The Labute approximate surface area is 226 Å². The number of nitrogens with one attached hydrogen (secondary N) is 1. The second-order valence-electron chi connectivity index (χ2n) is 10.6. The molecule has 0 saturated carbocycles. The van der Waals surface area contributed by atoms with Crippen molar-refractivity contribution in [2.24, 2.45) is 0 Å². The maximum atomic E-state index is 13.6. The molecule has 1 atom stereocenters. The number of aromatic amines is 1. The third-order valence-electron chi connectivity index (χ3n) is 7.94. The van der Waals surface area contributed by atoms with Crippen LogP contribution in [0.4, 0.5) is 5.69 Å². The number of anilines is 1. The second-order valence-corrected chi connectivity index (χ2v) is 10.6. The maximum absolute atomic E-state index is 13.6. The normalized spacial score (nSPS) is 16.6. The molecular weight excluding hydrogens is 498 g/mol. The third kappa shape index (κ3) is 4.56. The highest BCUT2D eigenvalue weighted by Crippen LogP contribution is 2.37. The van der Waals surface area contributed by atoms with Crippen LogP contribution in [0.3, 0.4) is 0 Å². The number of aromatic nitrogens is 5. The van der Waals surface area contributed by atoms with Gasteiger partial charge in [-0.3, -0.25) is 9.69 Å². The quantitative estimate of drug-likeness (QED) is 0.384. The van der Waals surface area contributed by atoms with Gasteiger partial charge in [0.05, 0.1) is 18.2 Å². The molecule has 204 valence electrons. The van der Waals surface area contributed by atoms with Gasteiger partial charge in [0.15, 0.2) is 17.3 Å². The van der Waals surface area contributed by atoms with Crippen molar-refractivity contribution in [3.8, 4) is 17.2 Å². The molecule has 0 spiro atoms.